The maximum atomic E-state index is 15.5. The second-order valence-electron chi connectivity index (χ2n) is 19.3. The van der Waals surface area contributed by atoms with Gasteiger partial charge in [-0.2, -0.15) is 0 Å². The molecule has 3 spiro atoms. The summed E-state index contributed by atoms with van der Waals surface area (Å²) >= 11 is 0. The maximum Gasteiger partial charge on any atom is 0.338 e. The molecule has 66 heavy (non-hydrogen) atoms. The zero-order chi connectivity index (χ0) is 48.7. The molecular weight excluding hydrogens is 876 g/mol. The van der Waals surface area contributed by atoms with Gasteiger partial charge in [-0.15, -0.1) is 0 Å². The van der Waals surface area contributed by atoms with E-state index in [-0.39, 0.29) is 12.0 Å². The zero-order valence-electron chi connectivity index (χ0n) is 38.6. The van der Waals surface area contributed by atoms with Gasteiger partial charge in [-0.05, 0) is 18.4 Å². The van der Waals surface area contributed by atoms with Crippen molar-refractivity contribution in [1.82, 2.24) is 0 Å². The van der Waals surface area contributed by atoms with E-state index in [0.717, 1.165) is 48.7 Å². The van der Waals surface area contributed by atoms with E-state index in [0.29, 0.717) is 0 Å². The second kappa shape index (κ2) is 14.7. The molecule has 3 aliphatic heterocycles. The summed E-state index contributed by atoms with van der Waals surface area (Å²) < 4.78 is 77.3. The number of allylic oxidation sites excluding steroid dienone is 1. The number of carbonyl (C=O) groups is 8. The molecule has 360 valence electrons. The Kier molecular flexibility index (Phi) is 10.5. The molecule has 1 aromatic heterocycles. The molecule has 4 aliphatic carbocycles. The molecule has 1 N–H and O–H groups in total. The highest BCUT2D eigenvalue weighted by atomic mass is 16.9. The molecule has 4 saturated carbocycles. The van der Waals surface area contributed by atoms with E-state index in [1.54, 1.807) is 20.8 Å². The van der Waals surface area contributed by atoms with E-state index in [9.17, 15) is 38.7 Å². The molecule has 7 fully saturated rings. The Labute approximate surface area is 378 Å². The average Bonchev–Trinajstić information content (AvgIpc) is 3.90. The van der Waals surface area contributed by atoms with Gasteiger partial charge in [0.15, 0.2) is 35.6 Å². The summed E-state index contributed by atoms with van der Waals surface area (Å²) in [7, 11) is 1.13. The summed E-state index contributed by atoms with van der Waals surface area (Å²) in [5.74, 6) is -15.0. The predicted octanol–water partition coefficient (Wildman–Crippen LogP) is 3.14. The third-order valence-electron chi connectivity index (χ3n) is 15.3. The highest BCUT2D eigenvalue weighted by Crippen LogP contribution is 2.91. The summed E-state index contributed by atoms with van der Waals surface area (Å²) in [5.41, 5.74) is -16.7. The van der Waals surface area contributed by atoms with Crippen molar-refractivity contribution in [2.75, 3.05) is 13.7 Å². The number of carbonyl (C=O) groups excluding carboxylic acids is 8. The summed E-state index contributed by atoms with van der Waals surface area (Å²) in [5, 5.41) is 12.5. The standard InChI is InChI=1S/C45H54O21/c1-19(2)30(53)29-31-39(10,32(58-21(4)47)26-13-14-56-16-26)33(59-22(5)48)34(60-23(6)49)45-41(18-57-20(3)46)27(15-28(52)55-12)38(9)17-42(41)44(63-25(8)51,36(38)61-24(7)50)37(62-35(29)54)43(31,45)65-40(11,64-42)66-45/h13-14,16,19,27,31-34,36-37,53H,15,17-18H2,1-12H3/b30-29+/t27-,31+,32-,33-,34+,36-,37-,38+,39+,40+,41+,42+,43+,44-,45-/m0/s1. The van der Waals surface area contributed by atoms with Crippen molar-refractivity contribution in [3.63, 3.8) is 0 Å². The van der Waals surface area contributed by atoms with Crippen molar-refractivity contribution in [1.29, 1.82) is 0 Å². The van der Waals surface area contributed by atoms with Crippen LogP contribution in [-0.2, 0) is 90.5 Å². The number of hydrogen-bond donors (Lipinski definition) is 1. The smallest absolute Gasteiger partial charge is 0.338 e. The molecule has 1 aromatic rings. The summed E-state index contributed by atoms with van der Waals surface area (Å²) in [4.78, 5) is 112. The Balaban J connectivity index is 1.69. The number of aliphatic hydroxyl groups excluding tert-OH is 1. The van der Waals surface area contributed by atoms with Crippen LogP contribution in [-0.4, -0.2) is 119 Å². The number of aliphatic hydroxyl groups is 1. The molecule has 7 aliphatic rings. The lowest BCUT2D eigenvalue weighted by Crippen LogP contribution is -2.99. The number of furan rings is 1. The topological polar surface area (TPSA) is 271 Å². The molecule has 0 amide bonds. The van der Waals surface area contributed by atoms with Crippen LogP contribution < -0.4 is 0 Å². The van der Waals surface area contributed by atoms with Crippen molar-refractivity contribution in [3.05, 3.63) is 35.5 Å². The van der Waals surface area contributed by atoms with Crippen LogP contribution in [0.2, 0.25) is 0 Å². The van der Waals surface area contributed by atoms with E-state index < -0.39 is 165 Å². The van der Waals surface area contributed by atoms with Gasteiger partial charge >= 0.3 is 47.8 Å². The van der Waals surface area contributed by atoms with Gasteiger partial charge in [-0.25, -0.2) is 4.79 Å². The molecule has 4 bridgehead atoms. The minimum Gasteiger partial charge on any atom is -0.511 e. The van der Waals surface area contributed by atoms with Gasteiger partial charge in [0, 0.05) is 77.7 Å². The number of ether oxygens (including phenoxy) is 11. The van der Waals surface area contributed by atoms with Gasteiger partial charge in [-0.3, -0.25) is 33.6 Å². The molecule has 3 saturated heterocycles. The van der Waals surface area contributed by atoms with Gasteiger partial charge in [-0.1, -0.05) is 27.7 Å². The number of rotatable bonds is 12. The number of methoxy groups -OCH3 is 1. The van der Waals surface area contributed by atoms with Gasteiger partial charge in [0.2, 0.25) is 5.60 Å². The average molecular weight is 931 g/mol. The normalized spacial score (nSPS) is 42.9. The zero-order valence-corrected chi connectivity index (χ0v) is 38.6. The van der Waals surface area contributed by atoms with Crippen molar-refractivity contribution in [3.8, 4) is 0 Å². The molecule has 21 heteroatoms. The molecule has 15 atom stereocenters. The summed E-state index contributed by atoms with van der Waals surface area (Å²) in [6.45, 7) is 13.1. The Morgan fingerprint density at radius 3 is 2.00 bits per heavy atom. The van der Waals surface area contributed by atoms with E-state index in [2.05, 4.69) is 0 Å². The van der Waals surface area contributed by atoms with Crippen LogP contribution in [0.3, 0.4) is 0 Å². The molecule has 0 aromatic carbocycles. The largest absolute Gasteiger partial charge is 0.511 e. The van der Waals surface area contributed by atoms with Crippen LogP contribution in [0.25, 0.3) is 0 Å². The Morgan fingerprint density at radius 1 is 0.833 bits per heavy atom. The van der Waals surface area contributed by atoms with Crippen molar-refractivity contribution < 1.29 is 100.0 Å². The first-order chi connectivity index (χ1) is 30.7. The SMILES string of the molecule is COC(=O)C[C@H]1[C@@]2(C)C[C@]34O[C@]5(C)O[C@]67[C@H](/C(=C(\O)C(C)C)C(=O)O[C@@H]6[C@@]3(OC(C)=O)[C@H]2OC(C)=O)[C@](C)([C@@H](OC(C)=O)c2ccoc2)[C@@H](OC(C)=O)[C@@H](OC(C)=O)[C@]7(O5)[C@]14COC(C)=O. The van der Waals surface area contributed by atoms with Crippen molar-refractivity contribution in [2.45, 2.75) is 148 Å². The number of esters is 8. The highest BCUT2D eigenvalue weighted by molar-refractivity contribution is 5.93. The monoisotopic (exact) mass is 930 g/mol. The second-order valence-corrected chi connectivity index (χ2v) is 19.3. The van der Waals surface area contributed by atoms with Crippen LogP contribution in [0.1, 0.15) is 101 Å². The fraction of sp³-hybridized carbons (Fsp3) is 0.689. The van der Waals surface area contributed by atoms with Gasteiger partial charge in [0.1, 0.15) is 24.1 Å². The lowest BCUT2D eigenvalue weighted by atomic mass is 9.31. The summed E-state index contributed by atoms with van der Waals surface area (Å²) in [6.07, 6.45) is -7.97. The van der Waals surface area contributed by atoms with Crippen LogP contribution in [0, 0.1) is 34.0 Å². The number of fused-ring (bicyclic) bond motifs is 3. The molecule has 4 heterocycles. The van der Waals surface area contributed by atoms with Crippen LogP contribution >= 0.6 is 0 Å². The Hall–Kier alpha value is -5.54. The number of hydrogen-bond acceptors (Lipinski definition) is 21. The van der Waals surface area contributed by atoms with Crippen LogP contribution in [0.4, 0.5) is 0 Å². The first-order valence-electron chi connectivity index (χ1n) is 21.5. The maximum absolute atomic E-state index is 15.5. The highest BCUT2D eigenvalue weighted by Gasteiger charge is 3.09. The minimum absolute atomic E-state index is 0.106. The van der Waals surface area contributed by atoms with E-state index in [1.165, 1.54) is 32.4 Å². The lowest BCUT2D eigenvalue weighted by molar-refractivity contribution is -0.496. The fourth-order valence-corrected chi connectivity index (χ4v) is 14.2. The first-order valence-corrected chi connectivity index (χ1v) is 21.5. The predicted molar refractivity (Wildman–Crippen MR) is 212 cm³/mol. The first kappa shape index (κ1) is 47.0. The Bertz CT molecular complexity index is 2350. The van der Waals surface area contributed by atoms with Crippen molar-refractivity contribution >= 4 is 47.8 Å². The van der Waals surface area contributed by atoms with E-state index in [1.807, 2.05) is 0 Å². The molecule has 0 radical (unpaired) electrons. The van der Waals surface area contributed by atoms with E-state index >= 15 is 4.79 Å². The van der Waals surface area contributed by atoms with Gasteiger partial charge in [0.25, 0.3) is 5.97 Å². The van der Waals surface area contributed by atoms with Crippen molar-refractivity contribution in [2.24, 2.45) is 34.0 Å². The quantitative estimate of drug-likeness (QED) is 0.136. The molecular formula is C45H54O21. The van der Waals surface area contributed by atoms with Gasteiger partial charge in [0.05, 0.1) is 36.0 Å². The van der Waals surface area contributed by atoms with E-state index in [4.69, 9.17) is 56.5 Å². The fourth-order valence-electron chi connectivity index (χ4n) is 14.2. The van der Waals surface area contributed by atoms with Gasteiger partial charge < -0.3 is 61.6 Å². The third kappa shape index (κ3) is 5.43. The van der Waals surface area contributed by atoms with Crippen LogP contribution in [0.15, 0.2) is 34.3 Å². The van der Waals surface area contributed by atoms with Crippen LogP contribution in [0.5, 0.6) is 0 Å². The summed E-state index contributed by atoms with van der Waals surface area (Å²) in [6, 6.07) is 1.43. The molecule has 21 nitrogen and oxygen atoms in total. The molecule has 0 unspecified atom stereocenters. The minimum atomic E-state index is -2.66. The Morgan fingerprint density at radius 2 is 1.47 bits per heavy atom. The lowest BCUT2D eigenvalue weighted by Gasteiger charge is -2.79. The third-order valence-corrected chi connectivity index (χ3v) is 15.3. The molecule has 8 rings (SSSR count).